The molecule has 4 nitrogen and oxygen atoms in total. The molecule has 2 N–H and O–H groups in total. The van der Waals surface area contributed by atoms with E-state index in [4.69, 9.17) is 17.3 Å². The topological polar surface area (TPSA) is 49.6 Å². The maximum absolute atomic E-state index is 12.7. The van der Waals surface area contributed by atoms with Gasteiger partial charge in [0.15, 0.2) is 0 Å². The third-order valence-corrected chi connectivity index (χ3v) is 5.83. The van der Waals surface area contributed by atoms with Gasteiger partial charge in [0.25, 0.3) is 0 Å². The molecular weight excluding hydrogens is 334 g/mol. The molecule has 2 aliphatic rings. The second-order valence-electron chi connectivity index (χ2n) is 7.96. The molecule has 1 aromatic carbocycles. The minimum absolute atomic E-state index is 0.267. The summed E-state index contributed by atoms with van der Waals surface area (Å²) in [6, 6.07) is 6.24. The number of amides is 1. The Hall–Kier alpha value is -1.42. The maximum atomic E-state index is 12.7. The van der Waals surface area contributed by atoms with Crippen molar-refractivity contribution in [2.45, 2.75) is 52.0 Å². The quantitative estimate of drug-likeness (QED) is 0.798. The number of anilines is 2. The molecule has 1 saturated heterocycles. The molecule has 0 spiro atoms. The molecule has 1 heterocycles. The zero-order valence-corrected chi connectivity index (χ0v) is 16.1. The van der Waals surface area contributed by atoms with Crippen molar-refractivity contribution in [1.29, 1.82) is 0 Å². The van der Waals surface area contributed by atoms with E-state index >= 15 is 0 Å². The highest BCUT2D eigenvalue weighted by molar-refractivity contribution is 6.33. The Labute approximate surface area is 156 Å². The third kappa shape index (κ3) is 4.22. The van der Waals surface area contributed by atoms with Crippen LogP contribution in [0.4, 0.5) is 11.4 Å². The molecule has 0 bridgehead atoms. The lowest BCUT2D eigenvalue weighted by molar-refractivity contribution is -0.134. The Morgan fingerprint density at radius 2 is 2.04 bits per heavy atom. The molecule has 25 heavy (non-hydrogen) atoms. The predicted molar refractivity (Wildman–Crippen MR) is 105 cm³/mol. The molecule has 1 unspecified atom stereocenters. The summed E-state index contributed by atoms with van der Waals surface area (Å²) in [7, 11) is 0. The number of benzene rings is 1. The average Bonchev–Trinajstić information content (AvgIpc) is 3.26. The first-order valence-electron chi connectivity index (χ1n) is 9.56. The smallest absolute Gasteiger partial charge is 0.225 e. The van der Waals surface area contributed by atoms with Crippen LogP contribution in [0.15, 0.2) is 18.2 Å². The van der Waals surface area contributed by atoms with Gasteiger partial charge in [-0.2, -0.15) is 0 Å². The van der Waals surface area contributed by atoms with Gasteiger partial charge >= 0.3 is 0 Å². The van der Waals surface area contributed by atoms with Gasteiger partial charge < -0.3 is 15.5 Å². The van der Waals surface area contributed by atoms with Gasteiger partial charge in [-0.05, 0) is 43.4 Å². The minimum atomic E-state index is 0.267. The van der Waals surface area contributed by atoms with Crippen LogP contribution in [0, 0.1) is 11.8 Å². The van der Waals surface area contributed by atoms with Gasteiger partial charge in [0.1, 0.15) is 0 Å². The van der Waals surface area contributed by atoms with E-state index in [0.717, 1.165) is 44.6 Å². The summed E-state index contributed by atoms with van der Waals surface area (Å²) in [5, 5.41) is 0.600. The van der Waals surface area contributed by atoms with E-state index in [2.05, 4.69) is 23.6 Å². The van der Waals surface area contributed by atoms with Gasteiger partial charge in [-0.3, -0.25) is 4.79 Å². The lowest BCUT2D eigenvalue weighted by Crippen LogP contribution is -2.42. The van der Waals surface area contributed by atoms with Crippen LogP contribution in [0.1, 0.15) is 46.0 Å². The number of nitrogen functional groups attached to an aromatic ring is 1. The number of hydrogen-bond acceptors (Lipinski definition) is 3. The van der Waals surface area contributed by atoms with Crippen LogP contribution in [0.5, 0.6) is 0 Å². The molecule has 1 amide bonds. The van der Waals surface area contributed by atoms with E-state index in [0.29, 0.717) is 28.6 Å². The number of rotatable bonds is 5. The molecule has 5 heteroatoms. The lowest BCUT2D eigenvalue weighted by atomic mass is 10.1. The van der Waals surface area contributed by atoms with Crippen molar-refractivity contribution in [3.63, 3.8) is 0 Å². The van der Waals surface area contributed by atoms with Crippen molar-refractivity contribution >= 4 is 28.9 Å². The minimum Gasteiger partial charge on any atom is -0.398 e. The molecule has 1 aromatic rings. The van der Waals surface area contributed by atoms with Crippen LogP contribution in [0.2, 0.25) is 5.02 Å². The molecule has 2 fully saturated rings. The van der Waals surface area contributed by atoms with Crippen LogP contribution >= 0.6 is 11.6 Å². The Kier molecular flexibility index (Phi) is 5.78. The number of nitrogens with zero attached hydrogens (tertiary/aromatic N) is 2. The van der Waals surface area contributed by atoms with Crippen LogP contribution in [-0.4, -0.2) is 36.5 Å². The Morgan fingerprint density at radius 3 is 2.68 bits per heavy atom. The normalized spacial score (nSPS) is 21.3. The summed E-state index contributed by atoms with van der Waals surface area (Å²) < 4.78 is 0. The fourth-order valence-electron chi connectivity index (χ4n) is 4.18. The van der Waals surface area contributed by atoms with Crippen molar-refractivity contribution in [2.24, 2.45) is 11.8 Å². The van der Waals surface area contributed by atoms with Gasteiger partial charge in [-0.1, -0.05) is 38.3 Å². The molecule has 3 rings (SSSR count). The average molecular weight is 364 g/mol. The molecule has 0 radical (unpaired) electrons. The van der Waals surface area contributed by atoms with Gasteiger partial charge in [0.2, 0.25) is 5.91 Å². The first kappa shape index (κ1) is 18.4. The highest BCUT2D eigenvalue weighted by Crippen LogP contribution is 2.32. The van der Waals surface area contributed by atoms with E-state index in [1.807, 2.05) is 18.2 Å². The molecule has 1 aliphatic heterocycles. The molecule has 138 valence electrons. The largest absolute Gasteiger partial charge is 0.398 e. The summed E-state index contributed by atoms with van der Waals surface area (Å²) in [5.41, 5.74) is 7.59. The molecule has 1 saturated carbocycles. The molecule has 0 aromatic heterocycles. The van der Waals surface area contributed by atoms with E-state index in [1.54, 1.807) is 0 Å². The number of halogens is 1. The standard InChI is InChI=1S/C20H30ClN3O/c1-14(2)12-24(16-7-8-19(22)18(21)11-16)17-9-10-23(13-17)20(25)15-5-3-4-6-15/h7-8,11,14-15,17H,3-6,9-10,12-13,22H2,1-2H3. The van der Waals surface area contributed by atoms with Crippen molar-refractivity contribution in [2.75, 3.05) is 30.3 Å². The van der Waals surface area contributed by atoms with E-state index in [-0.39, 0.29) is 5.92 Å². The molecular formula is C20H30ClN3O. The first-order chi connectivity index (χ1) is 12.0. The van der Waals surface area contributed by atoms with E-state index in [9.17, 15) is 4.79 Å². The van der Waals surface area contributed by atoms with Gasteiger partial charge in [-0.15, -0.1) is 0 Å². The highest BCUT2D eigenvalue weighted by Gasteiger charge is 2.34. The monoisotopic (exact) mass is 363 g/mol. The summed E-state index contributed by atoms with van der Waals surface area (Å²) >= 11 is 6.25. The Balaban J connectivity index is 1.73. The second kappa shape index (κ2) is 7.86. The van der Waals surface area contributed by atoms with Crippen LogP contribution in [0.3, 0.4) is 0 Å². The van der Waals surface area contributed by atoms with Gasteiger partial charge in [-0.25, -0.2) is 0 Å². The summed E-state index contributed by atoms with van der Waals surface area (Å²) in [6.45, 7) is 7.10. The van der Waals surface area contributed by atoms with Crippen molar-refractivity contribution < 1.29 is 4.79 Å². The zero-order valence-electron chi connectivity index (χ0n) is 15.4. The third-order valence-electron chi connectivity index (χ3n) is 5.50. The fraction of sp³-hybridized carbons (Fsp3) is 0.650. The number of nitrogens with two attached hydrogens (primary N) is 1. The van der Waals surface area contributed by atoms with Crippen molar-refractivity contribution in [1.82, 2.24) is 4.90 Å². The van der Waals surface area contributed by atoms with Crippen LogP contribution in [0.25, 0.3) is 0 Å². The van der Waals surface area contributed by atoms with Crippen molar-refractivity contribution in [3.05, 3.63) is 23.2 Å². The SMILES string of the molecule is CC(C)CN(c1ccc(N)c(Cl)c1)C1CCN(C(=O)C2CCCC2)C1. The maximum Gasteiger partial charge on any atom is 0.225 e. The summed E-state index contributed by atoms with van der Waals surface area (Å²) in [6.07, 6.45) is 5.58. The summed E-state index contributed by atoms with van der Waals surface area (Å²) in [5.74, 6) is 1.18. The number of carbonyl (C=O) groups excluding carboxylic acids is 1. The van der Waals surface area contributed by atoms with E-state index < -0.39 is 0 Å². The molecule has 1 aliphatic carbocycles. The lowest BCUT2D eigenvalue weighted by Gasteiger charge is -2.33. The number of hydrogen-bond donors (Lipinski definition) is 1. The second-order valence-corrected chi connectivity index (χ2v) is 8.37. The van der Waals surface area contributed by atoms with Gasteiger partial charge in [0.05, 0.1) is 10.7 Å². The Morgan fingerprint density at radius 1 is 1.32 bits per heavy atom. The fourth-order valence-corrected chi connectivity index (χ4v) is 4.36. The van der Waals surface area contributed by atoms with Crippen molar-refractivity contribution in [3.8, 4) is 0 Å². The van der Waals surface area contributed by atoms with Crippen LogP contribution in [-0.2, 0) is 4.79 Å². The number of likely N-dealkylation sites (tertiary alicyclic amines) is 1. The molecule has 1 atom stereocenters. The first-order valence-corrected chi connectivity index (χ1v) is 9.94. The predicted octanol–water partition coefficient (Wildman–Crippen LogP) is 4.18. The van der Waals surface area contributed by atoms with Gasteiger partial charge in [0, 0.05) is 37.3 Å². The zero-order chi connectivity index (χ0) is 18.0. The van der Waals surface area contributed by atoms with Crippen LogP contribution < -0.4 is 10.6 Å². The highest BCUT2D eigenvalue weighted by atomic mass is 35.5. The van der Waals surface area contributed by atoms with E-state index in [1.165, 1.54) is 12.8 Å². The number of carbonyl (C=O) groups is 1. The Bertz CT molecular complexity index is 613. The summed E-state index contributed by atoms with van der Waals surface area (Å²) in [4.78, 5) is 17.2.